The van der Waals surface area contributed by atoms with Gasteiger partial charge in [-0.3, -0.25) is 0 Å². The molecule has 1 radical (unpaired) electrons. The van der Waals surface area contributed by atoms with Gasteiger partial charge in [0.1, 0.15) is 12.3 Å². The Morgan fingerprint density at radius 1 is 1.10 bits per heavy atom. The number of rotatable bonds is 3. The Kier molecular flexibility index (Phi) is 3.84. The second-order valence-corrected chi connectivity index (χ2v) is 3.17. The molecule has 0 saturated heterocycles. The largest absolute Gasteiger partial charge is 0.244 e. The average Bonchev–Trinajstić information content (AvgIpc) is 1.84. The molecule has 2 unspecified atom stereocenters. The third kappa shape index (κ3) is 2.63. The van der Waals surface area contributed by atoms with Crippen molar-refractivity contribution in [2.75, 3.05) is 0 Å². The Labute approximate surface area is 61.6 Å². The molecule has 0 aliphatic rings. The highest BCUT2D eigenvalue weighted by molar-refractivity contribution is 4.93. The van der Waals surface area contributed by atoms with Crippen LogP contribution in [0.3, 0.4) is 0 Å². The molecule has 0 nitrogen and oxygen atoms in total. The van der Waals surface area contributed by atoms with Gasteiger partial charge in [0.05, 0.1) is 0 Å². The van der Waals surface area contributed by atoms with Crippen molar-refractivity contribution < 1.29 is 8.78 Å². The zero-order valence-corrected chi connectivity index (χ0v) is 6.99. The van der Waals surface area contributed by atoms with Crippen LogP contribution in [0, 0.1) is 11.8 Å². The van der Waals surface area contributed by atoms with Gasteiger partial charge < -0.3 is 0 Å². The Morgan fingerprint density at radius 2 is 1.50 bits per heavy atom. The molecule has 0 amide bonds. The van der Waals surface area contributed by atoms with Crippen LogP contribution in [0.2, 0.25) is 0 Å². The molecule has 0 N–H and O–H groups in total. The first kappa shape index (κ1) is 9.86. The zero-order valence-electron chi connectivity index (χ0n) is 6.99. The quantitative estimate of drug-likeness (QED) is 0.578. The van der Waals surface area contributed by atoms with E-state index in [0.717, 1.165) is 0 Å². The first-order valence-corrected chi connectivity index (χ1v) is 3.55. The Bertz CT molecular complexity index is 77.3. The molecule has 0 heterocycles. The highest BCUT2D eigenvalue weighted by Crippen LogP contribution is 2.21. The van der Waals surface area contributed by atoms with Gasteiger partial charge in [0.15, 0.2) is 0 Å². The maximum Gasteiger partial charge on any atom is 0.137 e. The smallest absolute Gasteiger partial charge is 0.137 e. The van der Waals surface area contributed by atoms with Gasteiger partial charge in [-0.2, -0.15) is 0 Å². The van der Waals surface area contributed by atoms with E-state index in [4.69, 9.17) is 0 Å². The summed E-state index contributed by atoms with van der Waals surface area (Å²) in [7, 11) is 0. The summed E-state index contributed by atoms with van der Waals surface area (Å²) in [6, 6.07) is 0. The molecular weight excluding hydrogens is 134 g/mol. The van der Waals surface area contributed by atoms with Crippen molar-refractivity contribution in [1.82, 2.24) is 0 Å². The fourth-order valence-electron chi connectivity index (χ4n) is 0.656. The summed E-state index contributed by atoms with van der Waals surface area (Å²) in [5, 5.41) is 0. The van der Waals surface area contributed by atoms with Gasteiger partial charge in [-0.25, -0.2) is 8.78 Å². The number of halogens is 2. The second kappa shape index (κ2) is 3.89. The van der Waals surface area contributed by atoms with Crippen LogP contribution in [-0.4, -0.2) is 12.3 Å². The van der Waals surface area contributed by atoms with E-state index in [1.54, 1.807) is 27.7 Å². The highest BCUT2D eigenvalue weighted by atomic mass is 19.2. The van der Waals surface area contributed by atoms with Crippen molar-refractivity contribution in [2.24, 2.45) is 5.92 Å². The van der Waals surface area contributed by atoms with Gasteiger partial charge in [-0.15, -0.1) is 0 Å². The highest BCUT2D eigenvalue weighted by Gasteiger charge is 2.26. The minimum absolute atomic E-state index is 0.232. The molecule has 0 fully saturated rings. The third-order valence-electron chi connectivity index (χ3n) is 1.47. The molecule has 61 valence electrons. The molecule has 0 aliphatic heterocycles. The van der Waals surface area contributed by atoms with Crippen molar-refractivity contribution in [3.8, 4) is 0 Å². The molecule has 0 saturated carbocycles. The van der Waals surface area contributed by atoms with E-state index < -0.39 is 12.3 Å². The summed E-state index contributed by atoms with van der Waals surface area (Å²) in [6.45, 7) is 6.58. The molecular formula is C8H15F2. The molecule has 0 aromatic carbocycles. The Hall–Kier alpha value is -0.140. The van der Waals surface area contributed by atoms with E-state index in [1.807, 2.05) is 0 Å². The Morgan fingerprint density at radius 3 is 1.60 bits per heavy atom. The lowest BCUT2D eigenvalue weighted by Gasteiger charge is -2.18. The summed E-state index contributed by atoms with van der Waals surface area (Å²) >= 11 is 0. The summed E-state index contributed by atoms with van der Waals surface area (Å²) in [5.74, 6) is 0.283. The fourth-order valence-corrected chi connectivity index (χ4v) is 0.656. The topological polar surface area (TPSA) is 0 Å². The molecule has 0 bridgehead atoms. The molecule has 0 spiro atoms. The maximum atomic E-state index is 12.8. The van der Waals surface area contributed by atoms with Crippen LogP contribution in [0.5, 0.6) is 0 Å². The van der Waals surface area contributed by atoms with Crippen molar-refractivity contribution in [2.45, 2.75) is 40.0 Å². The van der Waals surface area contributed by atoms with Gasteiger partial charge in [0.2, 0.25) is 0 Å². The molecule has 0 aliphatic carbocycles. The number of hydrogen-bond donors (Lipinski definition) is 0. The van der Waals surface area contributed by atoms with E-state index >= 15 is 0 Å². The molecule has 2 atom stereocenters. The van der Waals surface area contributed by atoms with E-state index in [-0.39, 0.29) is 5.92 Å². The monoisotopic (exact) mass is 149 g/mol. The van der Waals surface area contributed by atoms with Gasteiger partial charge in [-0.1, -0.05) is 27.7 Å². The van der Waals surface area contributed by atoms with Crippen molar-refractivity contribution in [3.63, 3.8) is 0 Å². The standard InChI is InChI=1S/C8H15F2/c1-5(2)7(9)8(10)6(3)4/h5,7-8H,1-4H3. The fraction of sp³-hybridized carbons (Fsp3) is 0.875. The summed E-state index contributed by atoms with van der Waals surface area (Å²) in [4.78, 5) is 0. The van der Waals surface area contributed by atoms with Crippen LogP contribution < -0.4 is 0 Å². The molecule has 10 heavy (non-hydrogen) atoms. The minimum Gasteiger partial charge on any atom is -0.244 e. The lowest BCUT2D eigenvalue weighted by molar-refractivity contribution is 0.134. The summed E-state index contributed by atoms with van der Waals surface area (Å²) in [6.07, 6.45) is -2.73. The van der Waals surface area contributed by atoms with Gasteiger partial charge in [-0.05, 0) is 5.92 Å². The van der Waals surface area contributed by atoms with Crippen molar-refractivity contribution >= 4 is 0 Å². The van der Waals surface area contributed by atoms with Crippen LogP contribution in [0.15, 0.2) is 0 Å². The summed E-state index contributed by atoms with van der Waals surface area (Å²) < 4.78 is 25.5. The van der Waals surface area contributed by atoms with Crippen LogP contribution in [0.1, 0.15) is 27.7 Å². The molecule has 2 heteroatoms. The van der Waals surface area contributed by atoms with Gasteiger partial charge in [0, 0.05) is 5.92 Å². The van der Waals surface area contributed by atoms with E-state index in [9.17, 15) is 8.78 Å². The van der Waals surface area contributed by atoms with Crippen LogP contribution >= 0.6 is 0 Å². The van der Waals surface area contributed by atoms with Crippen LogP contribution in [-0.2, 0) is 0 Å². The summed E-state index contributed by atoms with van der Waals surface area (Å²) in [5.41, 5.74) is 0. The van der Waals surface area contributed by atoms with Crippen molar-refractivity contribution in [1.29, 1.82) is 0 Å². The van der Waals surface area contributed by atoms with E-state index in [2.05, 4.69) is 0 Å². The molecule has 0 aromatic heterocycles. The van der Waals surface area contributed by atoms with E-state index in [1.165, 1.54) is 0 Å². The lowest BCUT2D eigenvalue weighted by atomic mass is 9.97. The molecule has 0 aromatic rings. The van der Waals surface area contributed by atoms with Crippen LogP contribution in [0.25, 0.3) is 0 Å². The van der Waals surface area contributed by atoms with E-state index in [0.29, 0.717) is 5.92 Å². The number of alkyl halides is 2. The van der Waals surface area contributed by atoms with Crippen molar-refractivity contribution in [3.05, 3.63) is 5.92 Å². The van der Waals surface area contributed by atoms with Gasteiger partial charge in [0.25, 0.3) is 0 Å². The Balaban J connectivity index is 3.81. The predicted octanol–water partition coefficient (Wildman–Crippen LogP) is 2.93. The maximum absolute atomic E-state index is 12.8. The average molecular weight is 149 g/mol. The lowest BCUT2D eigenvalue weighted by Crippen LogP contribution is -2.26. The van der Waals surface area contributed by atoms with Crippen LogP contribution in [0.4, 0.5) is 8.78 Å². The number of hydrogen-bond acceptors (Lipinski definition) is 0. The van der Waals surface area contributed by atoms with Gasteiger partial charge >= 0.3 is 0 Å². The minimum atomic E-state index is -1.39. The first-order valence-electron chi connectivity index (χ1n) is 3.55. The molecule has 0 rings (SSSR count). The second-order valence-electron chi connectivity index (χ2n) is 3.17. The normalized spacial score (nSPS) is 18.0. The predicted molar refractivity (Wildman–Crippen MR) is 39.2 cm³/mol. The first-order chi connectivity index (χ1) is 4.46. The SMILES string of the molecule is C[C](C)C(F)C(F)C(C)C. The zero-order chi connectivity index (χ0) is 8.31. The third-order valence-corrected chi connectivity index (χ3v) is 1.47.